The quantitative estimate of drug-likeness (QED) is 0.847. The number of hydrogen-bond donors (Lipinski definition) is 2. The molecular weight excluding hydrogens is 236 g/mol. The summed E-state index contributed by atoms with van der Waals surface area (Å²) in [6, 6.07) is 5.22. The van der Waals surface area contributed by atoms with Gasteiger partial charge in [0.05, 0.1) is 4.90 Å². The van der Waals surface area contributed by atoms with Crippen molar-refractivity contribution in [3.8, 4) is 0 Å². The molecule has 0 bridgehead atoms. The van der Waals surface area contributed by atoms with Crippen LogP contribution in [0.15, 0.2) is 23.1 Å². The van der Waals surface area contributed by atoms with Crippen molar-refractivity contribution >= 4 is 15.7 Å². The van der Waals surface area contributed by atoms with Gasteiger partial charge >= 0.3 is 0 Å². The van der Waals surface area contributed by atoms with Crippen molar-refractivity contribution in [3.05, 3.63) is 23.8 Å². The second-order valence-corrected chi connectivity index (χ2v) is 5.95. The van der Waals surface area contributed by atoms with Crippen LogP contribution in [0.1, 0.15) is 25.8 Å². The van der Waals surface area contributed by atoms with Crippen LogP contribution in [0.3, 0.4) is 0 Å². The van der Waals surface area contributed by atoms with Crippen molar-refractivity contribution < 1.29 is 8.42 Å². The fourth-order valence-electron chi connectivity index (χ4n) is 1.45. The number of hydrogen-bond acceptors (Lipinski definition) is 3. The Balaban J connectivity index is 2.90. The van der Waals surface area contributed by atoms with Gasteiger partial charge in [-0.3, -0.25) is 0 Å². The average molecular weight is 256 g/mol. The zero-order valence-electron chi connectivity index (χ0n) is 10.5. The number of nitrogens with two attached hydrogens (primary N) is 1. The van der Waals surface area contributed by atoms with Crippen LogP contribution >= 0.6 is 0 Å². The topological polar surface area (TPSA) is 72.2 Å². The summed E-state index contributed by atoms with van der Waals surface area (Å²) < 4.78 is 22.7. The Kier molecular flexibility index (Phi) is 4.54. The summed E-state index contributed by atoms with van der Waals surface area (Å²) >= 11 is 0. The normalized spacial score (nSPS) is 13.4. The van der Waals surface area contributed by atoms with E-state index in [2.05, 4.69) is 19.2 Å². The van der Waals surface area contributed by atoms with E-state index in [1.54, 1.807) is 19.1 Å². The van der Waals surface area contributed by atoms with Crippen molar-refractivity contribution in [3.63, 3.8) is 0 Å². The number of nitrogens with one attached hydrogen (secondary N) is 1. The third kappa shape index (κ3) is 4.02. The average Bonchev–Trinajstić information content (AvgIpc) is 2.26. The van der Waals surface area contributed by atoms with E-state index >= 15 is 0 Å². The highest BCUT2D eigenvalue weighted by Crippen LogP contribution is 2.19. The number of anilines is 1. The molecule has 1 atom stereocenters. The highest BCUT2D eigenvalue weighted by molar-refractivity contribution is 7.89. The summed E-state index contributed by atoms with van der Waals surface area (Å²) in [6.45, 7) is 6.82. The molecule has 1 aromatic carbocycles. The van der Waals surface area contributed by atoms with Crippen molar-refractivity contribution in [2.24, 2.45) is 11.1 Å². The lowest BCUT2D eigenvalue weighted by Gasteiger charge is -2.13. The summed E-state index contributed by atoms with van der Waals surface area (Å²) in [5.74, 6) is 0.550. The molecule has 0 heterocycles. The number of aryl methyl sites for hydroxylation is 1. The van der Waals surface area contributed by atoms with Crippen LogP contribution in [0.4, 0.5) is 5.69 Å². The molecule has 0 aromatic heterocycles. The van der Waals surface area contributed by atoms with Crippen LogP contribution in [0.2, 0.25) is 0 Å². The molecule has 0 amide bonds. The third-order valence-electron chi connectivity index (χ3n) is 2.85. The van der Waals surface area contributed by atoms with E-state index < -0.39 is 10.0 Å². The SMILES string of the molecule is CCC(C)CNc1ccc(C)c(S(N)(=O)=O)c1. The Morgan fingerprint density at radius 1 is 1.41 bits per heavy atom. The first kappa shape index (κ1) is 14.0. The number of primary sulfonamides is 1. The molecule has 0 spiro atoms. The van der Waals surface area contributed by atoms with E-state index in [0.29, 0.717) is 11.5 Å². The van der Waals surface area contributed by atoms with Gasteiger partial charge in [-0.25, -0.2) is 13.6 Å². The highest BCUT2D eigenvalue weighted by Gasteiger charge is 2.12. The van der Waals surface area contributed by atoms with E-state index in [0.717, 1.165) is 18.7 Å². The van der Waals surface area contributed by atoms with Gasteiger partial charge in [-0.15, -0.1) is 0 Å². The standard InChI is InChI=1S/C12H20N2O2S/c1-4-9(2)8-14-11-6-5-10(3)12(7-11)17(13,15)16/h5-7,9,14H,4,8H2,1-3H3,(H2,13,15,16). The molecule has 0 saturated carbocycles. The molecule has 1 aromatic rings. The molecule has 0 aliphatic heterocycles. The van der Waals surface area contributed by atoms with Crippen molar-refractivity contribution in [2.75, 3.05) is 11.9 Å². The Morgan fingerprint density at radius 2 is 2.06 bits per heavy atom. The summed E-state index contributed by atoms with van der Waals surface area (Å²) in [4.78, 5) is 0.187. The molecule has 4 nitrogen and oxygen atoms in total. The van der Waals surface area contributed by atoms with E-state index in [4.69, 9.17) is 5.14 Å². The predicted molar refractivity (Wildman–Crippen MR) is 70.5 cm³/mol. The van der Waals surface area contributed by atoms with E-state index in [1.807, 2.05) is 6.07 Å². The summed E-state index contributed by atoms with van der Waals surface area (Å²) in [6.07, 6.45) is 1.08. The lowest BCUT2D eigenvalue weighted by molar-refractivity contribution is 0.593. The van der Waals surface area contributed by atoms with Crippen LogP contribution in [0, 0.1) is 12.8 Å². The molecule has 0 radical (unpaired) electrons. The maximum Gasteiger partial charge on any atom is 0.238 e. The molecule has 96 valence electrons. The molecule has 5 heteroatoms. The monoisotopic (exact) mass is 256 g/mol. The minimum atomic E-state index is -3.64. The Labute approximate surface area is 103 Å². The lowest BCUT2D eigenvalue weighted by Crippen LogP contribution is -2.15. The van der Waals surface area contributed by atoms with Crippen LogP contribution in [0.5, 0.6) is 0 Å². The number of sulfonamides is 1. The van der Waals surface area contributed by atoms with Crippen LogP contribution in [0.25, 0.3) is 0 Å². The third-order valence-corrected chi connectivity index (χ3v) is 3.90. The van der Waals surface area contributed by atoms with Crippen molar-refractivity contribution in [1.29, 1.82) is 0 Å². The lowest BCUT2D eigenvalue weighted by atomic mass is 10.1. The molecule has 1 unspecified atom stereocenters. The molecule has 17 heavy (non-hydrogen) atoms. The number of benzene rings is 1. The van der Waals surface area contributed by atoms with Gasteiger partial charge in [-0.1, -0.05) is 26.3 Å². The maximum atomic E-state index is 11.4. The Morgan fingerprint density at radius 3 is 2.59 bits per heavy atom. The fraction of sp³-hybridized carbons (Fsp3) is 0.500. The summed E-state index contributed by atoms with van der Waals surface area (Å²) in [7, 11) is -3.64. The molecular formula is C12H20N2O2S. The predicted octanol–water partition coefficient (Wildman–Crippen LogP) is 2.10. The van der Waals surface area contributed by atoms with Gasteiger partial charge in [-0.05, 0) is 30.5 Å². The molecule has 3 N–H and O–H groups in total. The Hall–Kier alpha value is -1.07. The van der Waals surface area contributed by atoms with Gasteiger partial charge in [-0.2, -0.15) is 0 Å². The second kappa shape index (κ2) is 5.51. The van der Waals surface area contributed by atoms with Crippen LogP contribution in [-0.2, 0) is 10.0 Å². The smallest absolute Gasteiger partial charge is 0.238 e. The minimum absolute atomic E-state index is 0.187. The fourth-order valence-corrected chi connectivity index (χ4v) is 2.26. The van der Waals surface area contributed by atoms with Gasteiger partial charge in [0.2, 0.25) is 10.0 Å². The first-order chi connectivity index (χ1) is 7.84. The van der Waals surface area contributed by atoms with Crippen molar-refractivity contribution in [2.45, 2.75) is 32.1 Å². The Bertz CT molecular complexity index is 483. The van der Waals surface area contributed by atoms with Crippen molar-refractivity contribution in [1.82, 2.24) is 0 Å². The van der Waals surface area contributed by atoms with Crippen LogP contribution < -0.4 is 10.5 Å². The zero-order valence-corrected chi connectivity index (χ0v) is 11.3. The molecule has 1 rings (SSSR count). The van der Waals surface area contributed by atoms with Gasteiger partial charge in [0.25, 0.3) is 0 Å². The molecule has 0 fully saturated rings. The first-order valence-corrected chi connectivity index (χ1v) is 7.26. The summed E-state index contributed by atoms with van der Waals surface area (Å²) in [5, 5.41) is 8.37. The summed E-state index contributed by atoms with van der Waals surface area (Å²) in [5.41, 5.74) is 1.46. The highest BCUT2D eigenvalue weighted by atomic mass is 32.2. The van der Waals surface area contributed by atoms with E-state index in [1.165, 1.54) is 0 Å². The maximum absolute atomic E-state index is 11.4. The van der Waals surface area contributed by atoms with E-state index in [9.17, 15) is 8.42 Å². The van der Waals surface area contributed by atoms with E-state index in [-0.39, 0.29) is 4.90 Å². The minimum Gasteiger partial charge on any atom is -0.385 e. The van der Waals surface area contributed by atoms with Gasteiger partial charge in [0.1, 0.15) is 0 Å². The van der Waals surface area contributed by atoms with Crippen LogP contribution in [-0.4, -0.2) is 15.0 Å². The molecule has 0 aliphatic carbocycles. The largest absolute Gasteiger partial charge is 0.385 e. The second-order valence-electron chi connectivity index (χ2n) is 4.42. The van der Waals surface area contributed by atoms with Gasteiger partial charge in [0.15, 0.2) is 0 Å². The zero-order chi connectivity index (χ0) is 13.1. The van der Waals surface area contributed by atoms with Gasteiger partial charge < -0.3 is 5.32 Å². The molecule has 0 saturated heterocycles. The number of rotatable bonds is 5. The van der Waals surface area contributed by atoms with Gasteiger partial charge in [0, 0.05) is 12.2 Å². The molecule has 0 aliphatic rings. The first-order valence-electron chi connectivity index (χ1n) is 5.72.